The molecule has 7 nitrogen and oxygen atoms in total. The summed E-state index contributed by atoms with van der Waals surface area (Å²) < 4.78 is 41.3. The van der Waals surface area contributed by atoms with E-state index in [-0.39, 0.29) is 24.9 Å². The topological polar surface area (TPSA) is 95.6 Å². The van der Waals surface area contributed by atoms with Gasteiger partial charge >= 0.3 is 11.8 Å². The molecule has 0 saturated carbocycles. The molecule has 0 bridgehead atoms. The normalized spacial score (nSPS) is 16.7. The molecule has 2 N–H and O–H groups in total. The monoisotopic (exact) mass is 489 g/mol. The Morgan fingerprint density at radius 1 is 1.00 bits per heavy atom. The highest BCUT2D eigenvalue weighted by molar-refractivity contribution is 7.89. The number of carbonyl (C=O) groups is 2. The summed E-state index contributed by atoms with van der Waals surface area (Å²) in [5.74, 6) is -1.82. The largest absolute Gasteiger partial charge is 0.348 e. The maximum atomic E-state index is 13.4. The Morgan fingerprint density at radius 3 is 2.38 bits per heavy atom. The van der Waals surface area contributed by atoms with Crippen LogP contribution in [0.2, 0.25) is 0 Å². The van der Waals surface area contributed by atoms with E-state index in [0.29, 0.717) is 36.3 Å². The van der Waals surface area contributed by atoms with Gasteiger partial charge in [0, 0.05) is 25.7 Å². The second kappa shape index (κ2) is 11.6. The van der Waals surface area contributed by atoms with E-state index in [4.69, 9.17) is 0 Å². The van der Waals surface area contributed by atoms with E-state index in [1.807, 2.05) is 19.1 Å². The van der Waals surface area contributed by atoms with E-state index in [9.17, 15) is 22.4 Å². The van der Waals surface area contributed by atoms with Crippen LogP contribution in [0.15, 0.2) is 47.4 Å². The molecule has 1 aliphatic rings. The molecular formula is C25H32FN3O4S. The first-order valence-corrected chi connectivity index (χ1v) is 13.0. The molecule has 2 aromatic carbocycles. The van der Waals surface area contributed by atoms with E-state index < -0.39 is 21.8 Å². The fourth-order valence-electron chi connectivity index (χ4n) is 4.17. The van der Waals surface area contributed by atoms with Crippen LogP contribution in [0, 0.1) is 19.7 Å². The van der Waals surface area contributed by atoms with Crippen LogP contribution in [0.4, 0.5) is 4.39 Å². The van der Waals surface area contributed by atoms with E-state index in [1.165, 1.54) is 12.1 Å². The van der Waals surface area contributed by atoms with Gasteiger partial charge in [-0.3, -0.25) is 9.59 Å². The standard InChI is InChI=1S/C25H32FN3O4S/c1-18-6-7-19(2)23(17-18)34(32,33)29-16-4-3-5-22(29)13-15-28-25(31)24(30)27-14-12-20-8-10-21(26)11-9-20/h6-11,17,22H,3-5,12-16H2,1-2H3,(H,27,30)(H,28,31)/t22-/m0/s1. The first kappa shape index (κ1) is 25.8. The number of rotatable bonds is 8. The van der Waals surface area contributed by atoms with E-state index in [2.05, 4.69) is 10.6 Å². The smallest absolute Gasteiger partial charge is 0.309 e. The highest BCUT2D eigenvalue weighted by Crippen LogP contribution is 2.29. The molecule has 184 valence electrons. The highest BCUT2D eigenvalue weighted by Gasteiger charge is 2.34. The van der Waals surface area contributed by atoms with Crippen molar-refractivity contribution >= 4 is 21.8 Å². The van der Waals surface area contributed by atoms with Crippen molar-refractivity contribution in [3.05, 3.63) is 65.0 Å². The first-order valence-electron chi connectivity index (χ1n) is 11.6. The van der Waals surface area contributed by atoms with Gasteiger partial charge in [-0.15, -0.1) is 0 Å². The number of piperidine rings is 1. The minimum atomic E-state index is -3.65. The van der Waals surface area contributed by atoms with Gasteiger partial charge in [0.05, 0.1) is 4.90 Å². The number of benzene rings is 2. The first-order chi connectivity index (χ1) is 16.2. The van der Waals surface area contributed by atoms with Crippen molar-refractivity contribution in [2.75, 3.05) is 19.6 Å². The third-order valence-electron chi connectivity index (χ3n) is 6.09. The van der Waals surface area contributed by atoms with Crippen molar-refractivity contribution in [2.24, 2.45) is 0 Å². The second-order valence-corrected chi connectivity index (χ2v) is 10.6. The number of carbonyl (C=O) groups excluding carboxylic acids is 2. The summed E-state index contributed by atoms with van der Waals surface area (Å²) in [5.41, 5.74) is 2.44. The molecule has 1 heterocycles. The van der Waals surface area contributed by atoms with Gasteiger partial charge in [0.2, 0.25) is 10.0 Å². The van der Waals surface area contributed by atoms with Gasteiger partial charge in [0.15, 0.2) is 0 Å². The maximum absolute atomic E-state index is 13.4. The number of halogens is 1. The molecule has 0 spiro atoms. The fraction of sp³-hybridized carbons (Fsp3) is 0.440. The summed E-state index contributed by atoms with van der Waals surface area (Å²) in [6.07, 6.45) is 3.33. The molecule has 1 aliphatic heterocycles. The van der Waals surface area contributed by atoms with Gasteiger partial charge in [-0.25, -0.2) is 12.8 Å². The van der Waals surface area contributed by atoms with Crippen LogP contribution < -0.4 is 10.6 Å². The molecule has 9 heteroatoms. The van der Waals surface area contributed by atoms with Crippen LogP contribution in [0.5, 0.6) is 0 Å². The van der Waals surface area contributed by atoms with E-state index >= 15 is 0 Å². The zero-order valence-corrected chi connectivity index (χ0v) is 20.5. The number of hydrogen-bond acceptors (Lipinski definition) is 4. The Bertz CT molecular complexity index is 1120. The molecule has 0 radical (unpaired) electrons. The SMILES string of the molecule is Cc1ccc(C)c(S(=O)(=O)N2CCCC[C@H]2CCNC(=O)C(=O)NCCc2ccc(F)cc2)c1. The van der Waals surface area contributed by atoms with E-state index in [0.717, 1.165) is 24.0 Å². The lowest BCUT2D eigenvalue weighted by molar-refractivity contribution is -0.139. The van der Waals surface area contributed by atoms with Crippen molar-refractivity contribution in [1.82, 2.24) is 14.9 Å². The molecule has 3 rings (SSSR count). The van der Waals surface area contributed by atoms with E-state index in [1.54, 1.807) is 29.4 Å². The Morgan fingerprint density at radius 2 is 1.68 bits per heavy atom. The van der Waals surface area contributed by atoms with Gasteiger partial charge in [-0.2, -0.15) is 4.31 Å². The van der Waals surface area contributed by atoms with Gasteiger partial charge in [0.1, 0.15) is 5.82 Å². The molecule has 1 fully saturated rings. The average molecular weight is 490 g/mol. The van der Waals surface area contributed by atoms with Gasteiger partial charge in [-0.1, -0.05) is 30.7 Å². The minimum absolute atomic E-state index is 0.202. The Balaban J connectivity index is 1.51. The van der Waals surface area contributed by atoms with Crippen molar-refractivity contribution in [3.63, 3.8) is 0 Å². The summed E-state index contributed by atoms with van der Waals surface area (Å²) >= 11 is 0. The summed E-state index contributed by atoms with van der Waals surface area (Å²) in [5, 5.41) is 5.15. The molecule has 2 aromatic rings. The van der Waals surface area contributed by atoms with Crippen molar-refractivity contribution in [3.8, 4) is 0 Å². The molecule has 1 atom stereocenters. The number of hydrogen-bond donors (Lipinski definition) is 2. The lowest BCUT2D eigenvalue weighted by Crippen LogP contribution is -2.46. The van der Waals surface area contributed by atoms with Crippen LogP contribution in [0.25, 0.3) is 0 Å². The zero-order valence-electron chi connectivity index (χ0n) is 19.6. The Kier molecular flexibility index (Phi) is 8.79. The quantitative estimate of drug-likeness (QED) is 0.558. The highest BCUT2D eigenvalue weighted by atomic mass is 32.2. The fourth-order valence-corrected chi connectivity index (χ4v) is 6.21. The number of nitrogens with one attached hydrogen (secondary N) is 2. The lowest BCUT2D eigenvalue weighted by atomic mass is 10.0. The number of sulfonamides is 1. The van der Waals surface area contributed by atoms with Crippen molar-refractivity contribution < 1.29 is 22.4 Å². The number of amides is 2. The van der Waals surface area contributed by atoms with Crippen LogP contribution in [-0.4, -0.2) is 50.2 Å². The molecular weight excluding hydrogens is 457 g/mol. The summed E-state index contributed by atoms with van der Waals surface area (Å²) in [6.45, 7) is 4.56. The Labute approximate surface area is 200 Å². The summed E-state index contributed by atoms with van der Waals surface area (Å²) in [6, 6.07) is 11.1. The minimum Gasteiger partial charge on any atom is -0.348 e. The van der Waals surface area contributed by atoms with Crippen molar-refractivity contribution in [1.29, 1.82) is 0 Å². The maximum Gasteiger partial charge on any atom is 0.309 e. The second-order valence-electron chi connectivity index (χ2n) is 8.71. The van der Waals surface area contributed by atoms with Crippen LogP contribution in [0.3, 0.4) is 0 Å². The predicted molar refractivity (Wildman–Crippen MR) is 128 cm³/mol. The van der Waals surface area contributed by atoms with Crippen LogP contribution in [-0.2, 0) is 26.0 Å². The third-order valence-corrected chi connectivity index (χ3v) is 8.18. The third kappa shape index (κ3) is 6.64. The average Bonchev–Trinajstić information content (AvgIpc) is 2.82. The van der Waals surface area contributed by atoms with Gasteiger partial charge in [0.25, 0.3) is 0 Å². The number of nitrogens with zero attached hydrogens (tertiary/aromatic N) is 1. The van der Waals surface area contributed by atoms with Gasteiger partial charge in [-0.05, 0) is 74.4 Å². The van der Waals surface area contributed by atoms with Crippen LogP contribution in [0.1, 0.15) is 42.4 Å². The number of aryl methyl sites for hydroxylation is 2. The molecule has 0 unspecified atom stereocenters. The zero-order chi connectivity index (χ0) is 24.7. The van der Waals surface area contributed by atoms with Gasteiger partial charge < -0.3 is 10.6 Å². The summed E-state index contributed by atoms with van der Waals surface area (Å²) in [7, 11) is -3.65. The molecule has 34 heavy (non-hydrogen) atoms. The molecule has 0 aliphatic carbocycles. The lowest BCUT2D eigenvalue weighted by Gasteiger charge is -2.35. The molecule has 2 amide bonds. The summed E-state index contributed by atoms with van der Waals surface area (Å²) in [4.78, 5) is 24.5. The predicted octanol–water partition coefficient (Wildman–Crippen LogP) is 2.85. The molecule has 0 aromatic heterocycles. The molecule has 1 saturated heterocycles. The van der Waals surface area contributed by atoms with Crippen LogP contribution >= 0.6 is 0 Å². The Hall–Kier alpha value is -2.78. The van der Waals surface area contributed by atoms with Crippen molar-refractivity contribution in [2.45, 2.75) is 56.9 Å².